The number of amides is 3. The van der Waals surface area contributed by atoms with Gasteiger partial charge in [0.05, 0.1) is 36.6 Å². The number of rotatable bonds is 8. The first kappa shape index (κ1) is 31.0. The molecule has 3 amide bonds. The van der Waals surface area contributed by atoms with Gasteiger partial charge in [-0.15, -0.1) is 0 Å². The van der Waals surface area contributed by atoms with E-state index in [0.29, 0.717) is 48.8 Å². The Morgan fingerprint density at radius 3 is 2.35 bits per heavy atom. The number of anilines is 2. The van der Waals surface area contributed by atoms with Crippen LogP contribution in [0.2, 0.25) is 0 Å². The van der Waals surface area contributed by atoms with Crippen LogP contribution >= 0.6 is 0 Å². The van der Waals surface area contributed by atoms with Crippen molar-refractivity contribution in [3.63, 3.8) is 0 Å². The summed E-state index contributed by atoms with van der Waals surface area (Å²) in [5.41, 5.74) is 2.68. The minimum absolute atomic E-state index is 0.229. The van der Waals surface area contributed by atoms with Crippen LogP contribution in [0, 0.1) is 0 Å². The highest BCUT2D eigenvalue weighted by Crippen LogP contribution is 2.30. The highest BCUT2D eigenvalue weighted by atomic mass is 16.5. The van der Waals surface area contributed by atoms with Gasteiger partial charge in [-0.3, -0.25) is 24.0 Å². The minimum atomic E-state index is -1.07. The van der Waals surface area contributed by atoms with Crippen LogP contribution in [0.3, 0.4) is 0 Å². The second kappa shape index (κ2) is 12.9. The third-order valence-electron chi connectivity index (χ3n) is 7.21. The smallest absolute Gasteiger partial charge is 0.409 e. The van der Waals surface area contributed by atoms with E-state index in [4.69, 9.17) is 4.74 Å². The lowest BCUT2D eigenvalue weighted by Gasteiger charge is -2.36. The summed E-state index contributed by atoms with van der Waals surface area (Å²) in [6, 6.07) is 9.22. The second-order valence-electron chi connectivity index (χ2n) is 11.3. The molecule has 0 aliphatic carbocycles. The standard InChI is InChI=1S/C30H37N7O6/c1-30(2,3)25-17-24(35(4)34-25)28(41)33-22-15-19(8-9-23(22)36-11-13-37(14-12-36)29(42)43-5)27(40)32-21(16-26(38)39)20-7-6-10-31-18-20/h6-10,15,17-18,21H,11-14,16H2,1-5H3,(H,32,40)(H,33,41)(H,38,39). The maximum Gasteiger partial charge on any atom is 0.409 e. The molecule has 1 aliphatic rings. The molecule has 228 valence electrons. The molecule has 1 fully saturated rings. The number of aryl methyl sites for hydroxylation is 1. The third-order valence-corrected chi connectivity index (χ3v) is 7.21. The van der Waals surface area contributed by atoms with Crippen LogP contribution in [-0.2, 0) is 22.0 Å². The van der Waals surface area contributed by atoms with E-state index < -0.39 is 29.9 Å². The van der Waals surface area contributed by atoms with Crippen LogP contribution in [0.15, 0.2) is 48.8 Å². The number of methoxy groups -OCH3 is 1. The van der Waals surface area contributed by atoms with E-state index in [9.17, 15) is 24.3 Å². The van der Waals surface area contributed by atoms with Gasteiger partial charge >= 0.3 is 12.1 Å². The molecule has 2 aromatic heterocycles. The van der Waals surface area contributed by atoms with Crippen molar-refractivity contribution in [2.24, 2.45) is 7.05 Å². The summed E-state index contributed by atoms with van der Waals surface area (Å²) < 4.78 is 6.36. The number of ether oxygens (including phenoxy) is 1. The van der Waals surface area contributed by atoms with Crippen LogP contribution in [0.5, 0.6) is 0 Å². The van der Waals surface area contributed by atoms with E-state index in [1.54, 1.807) is 54.5 Å². The number of carboxylic acids is 1. The number of nitrogens with one attached hydrogen (secondary N) is 2. The Labute approximate surface area is 249 Å². The molecule has 1 saturated heterocycles. The van der Waals surface area contributed by atoms with Gasteiger partial charge in [0, 0.05) is 56.6 Å². The summed E-state index contributed by atoms with van der Waals surface area (Å²) in [5.74, 6) is -1.99. The number of carboxylic acid groups (broad SMARTS) is 1. The van der Waals surface area contributed by atoms with E-state index in [0.717, 1.165) is 5.69 Å². The van der Waals surface area contributed by atoms with Crippen LogP contribution in [-0.4, -0.2) is 81.9 Å². The molecule has 0 bridgehead atoms. The molecule has 4 rings (SSSR count). The van der Waals surface area contributed by atoms with Gasteiger partial charge in [0.1, 0.15) is 5.69 Å². The second-order valence-corrected chi connectivity index (χ2v) is 11.3. The Morgan fingerprint density at radius 2 is 1.77 bits per heavy atom. The van der Waals surface area contributed by atoms with Crippen LogP contribution in [0.1, 0.15) is 65.3 Å². The Balaban J connectivity index is 1.64. The van der Waals surface area contributed by atoms with Gasteiger partial charge in [-0.1, -0.05) is 26.8 Å². The van der Waals surface area contributed by atoms with Crippen LogP contribution in [0.25, 0.3) is 0 Å². The first-order valence-corrected chi connectivity index (χ1v) is 13.9. The van der Waals surface area contributed by atoms with E-state index in [1.807, 2.05) is 25.7 Å². The lowest BCUT2D eigenvalue weighted by molar-refractivity contribution is -0.137. The zero-order valence-electron chi connectivity index (χ0n) is 25.0. The Kier molecular flexibility index (Phi) is 9.32. The topological polar surface area (TPSA) is 159 Å². The number of aliphatic carboxylic acids is 1. The highest BCUT2D eigenvalue weighted by Gasteiger charge is 2.27. The van der Waals surface area contributed by atoms with Gasteiger partial charge < -0.3 is 30.3 Å². The molecular weight excluding hydrogens is 554 g/mol. The molecule has 3 heterocycles. The van der Waals surface area contributed by atoms with Gasteiger partial charge in [0.2, 0.25) is 0 Å². The van der Waals surface area contributed by atoms with Gasteiger partial charge in [0.15, 0.2) is 0 Å². The van der Waals surface area contributed by atoms with Crippen molar-refractivity contribution >= 4 is 35.3 Å². The molecule has 0 saturated carbocycles. The van der Waals surface area contributed by atoms with Crippen molar-refractivity contribution in [1.82, 2.24) is 25.0 Å². The van der Waals surface area contributed by atoms with E-state index >= 15 is 0 Å². The maximum atomic E-state index is 13.5. The van der Waals surface area contributed by atoms with Crippen LogP contribution in [0.4, 0.5) is 16.2 Å². The molecule has 3 N–H and O–H groups in total. The van der Waals surface area contributed by atoms with E-state index in [-0.39, 0.29) is 17.4 Å². The average molecular weight is 592 g/mol. The molecule has 43 heavy (non-hydrogen) atoms. The first-order valence-electron chi connectivity index (χ1n) is 13.9. The molecular formula is C30H37N7O6. The number of piperazine rings is 1. The summed E-state index contributed by atoms with van der Waals surface area (Å²) in [4.78, 5) is 58.1. The van der Waals surface area contributed by atoms with Crippen molar-refractivity contribution in [2.75, 3.05) is 43.5 Å². The molecule has 13 nitrogen and oxygen atoms in total. The number of nitrogens with zero attached hydrogens (tertiary/aromatic N) is 5. The molecule has 1 atom stereocenters. The molecule has 3 aromatic rings. The number of carbonyl (C=O) groups is 4. The largest absolute Gasteiger partial charge is 0.481 e. The van der Waals surface area contributed by atoms with Crippen LogP contribution < -0.4 is 15.5 Å². The Morgan fingerprint density at radius 1 is 1.05 bits per heavy atom. The number of aromatic nitrogens is 3. The fourth-order valence-electron chi connectivity index (χ4n) is 4.80. The fourth-order valence-corrected chi connectivity index (χ4v) is 4.80. The van der Waals surface area contributed by atoms with Crippen molar-refractivity contribution < 1.29 is 29.0 Å². The van der Waals surface area contributed by atoms with Crippen molar-refractivity contribution in [1.29, 1.82) is 0 Å². The predicted octanol–water partition coefficient (Wildman–Crippen LogP) is 3.20. The highest BCUT2D eigenvalue weighted by molar-refractivity contribution is 6.06. The SMILES string of the molecule is COC(=O)N1CCN(c2ccc(C(=O)NC(CC(=O)O)c3cccnc3)cc2NC(=O)c2cc(C(C)(C)C)nn2C)CC1. The minimum Gasteiger partial charge on any atom is -0.481 e. The molecule has 1 unspecified atom stereocenters. The van der Waals surface area contributed by atoms with E-state index in [2.05, 4.69) is 20.7 Å². The number of hydrogen-bond donors (Lipinski definition) is 3. The van der Waals surface area contributed by atoms with Crippen molar-refractivity contribution in [3.8, 4) is 0 Å². The Bertz CT molecular complexity index is 1490. The lowest BCUT2D eigenvalue weighted by atomic mass is 9.92. The molecule has 13 heteroatoms. The summed E-state index contributed by atoms with van der Waals surface area (Å²) in [7, 11) is 3.03. The fraction of sp³-hybridized carbons (Fsp3) is 0.400. The molecule has 0 spiro atoms. The van der Waals surface area contributed by atoms with Gasteiger partial charge in [-0.25, -0.2) is 4.79 Å². The molecule has 1 aromatic carbocycles. The molecule has 0 radical (unpaired) electrons. The average Bonchev–Trinajstić information content (AvgIpc) is 3.39. The summed E-state index contributed by atoms with van der Waals surface area (Å²) in [6.45, 7) is 7.81. The summed E-state index contributed by atoms with van der Waals surface area (Å²) in [5, 5.41) is 19.7. The third kappa shape index (κ3) is 7.48. The monoisotopic (exact) mass is 591 g/mol. The number of hydrogen-bond acceptors (Lipinski definition) is 8. The predicted molar refractivity (Wildman–Crippen MR) is 159 cm³/mol. The quantitative estimate of drug-likeness (QED) is 0.358. The van der Waals surface area contributed by atoms with Gasteiger partial charge in [-0.05, 0) is 35.9 Å². The van der Waals surface area contributed by atoms with Crippen molar-refractivity contribution in [2.45, 2.75) is 38.6 Å². The van der Waals surface area contributed by atoms with Gasteiger partial charge in [0.25, 0.3) is 11.8 Å². The maximum absolute atomic E-state index is 13.5. The van der Waals surface area contributed by atoms with Crippen molar-refractivity contribution in [3.05, 3.63) is 71.3 Å². The number of pyridine rings is 1. The normalized spacial score (nSPS) is 14.2. The van der Waals surface area contributed by atoms with E-state index in [1.165, 1.54) is 18.0 Å². The summed E-state index contributed by atoms with van der Waals surface area (Å²) >= 11 is 0. The zero-order chi connectivity index (χ0) is 31.3. The zero-order valence-corrected chi connectivity index (χ0v) is 25.0. The first-order chi connectivity index (χ1) is 20.4. The number of carbonyl (C=O) groups excluding carboxylic acids is 3. The van der Waals surface area contributed by atoms with Gasteiger partial charge in [-0.2, -0.15) is 5.10 Å². The summed E-state index contributed by atoms with van der Waals surface area (Å²) in [6.07, 6.45) is 2.33. The number of benzene rings is 1. The molecule has 1 aliphatic heterocycles. The lowest BCUT2D eigenvalue weighted by Crippen LogP contribution is -2.49. The Hall–Kier alpha value is -4.94.